The van der Waals surface area contributed by atoms with Crippen LogP contribution in [0.4, 0.5) is 0 Å². The monoisotopic (exact) mass is 486 g/mol. The minimum Gasteiger partial charge on any atom is -0.353 e. The van der Waals surface area contributed by atoms with E-state index in [1.807, 2.05) is 0 Å². The molecule has 3 saturated carbocycles. The molecule has 0 bridgehead atoms. The summed E-state index contributed by atoms with van der Waals surface area (Å²) in [7, 11) is 0. The van der Waals surface area contributed by atoms with Gasteiger partial charge >= 0.3 is 0 Å². The number of allylic oxidation sites excluding steroid dienone is 2. The van der Waals surface area contributed by atoms with Crippen LogP contribution in [-0.4, -0.2) is 43.8 Å². The Hall–Kier alpha value is -1.01. The van der Waals surface area contributed by atoms with Crippen molar-refractivity contribution in [3.05, 3.63) is 23.8 Å². The van der Waals surface area contributed by atoms with Crippen LogP contribution in [0.15, 0.2) is 23.8 Å². The van der Waals surface area contributed by atoms with Gasteiger partial charge in [-0.25, -0.2) is 0 Å². The molecule has 5 nitrogen and oxygen atoms in total. The number of carbonyl (C=O) groups excluding carboxylic acids is 1. The second-order valence-electron chi connectivity index (χ2n) is 12.1. The number of fused-ring (bicyclic) bond motifs is 1. The largest absolute Gasteiger partial charge is 0.353 e. The van der Waals surface area contributed by atoms with Gasteiger partial charge in [-0.15, -0.1) is 0 Å². The number of ether oxygens (including phenoxy) is 4. The van der Waals surface area contributed by atoms with Gasteiger partial charge in [0.2, 0.25) is 0 Å². The fourth-order valence-corrected chi connectivity index (χ4v) is 7.07. The maximum absolute atomic E-state index is 12.3. The Kier molecular flexibility index (Phi) is 8.48. The van der Waals surface area contributed by atoms with Crippen LogP contribution in [0, 0.1) is 23.2 Å². The molecule has 0 aromatic rings. The molecule has 35 heavy (non-hydrogen) atoms. The molecule has 5 fully saturated rings. The predicted molar refractivity (Wildman–Crippen MR) is 136 cm³/mol. The molecule has 5 aliphatic rings. The van der Waals surface area contributed by atoms with Crippen molar-refractivity contribution in [2.75, 3.05) is 13.2 Å². The molecule has 5 rings (SSSR count). The van der Waals surface area contributed by atoms with Crippen molar-refractivity contribution >= 4 is 5.78 Å². The number of rotatable bonds is 9. The first kappa shape index (κ1) is 25.6. The van der Waals surface area contributed by atoms with E-state index in [2.05, 4.69) is 32.1 Å². The molecule has 0 spiro atoms. The van der Waals surface area contributed by atoms with Crippen molar-refractivity contribution in [1.82, 2.24) is 0 Å². The van der Waals surface area contributed by atoms with Gasteiger partial charge in [-0.05, 0) is 89.9 Å². The lowest BCUT2D eigenvalue weighted by atomic mass is 9.62. The zero-order chi connectivity index (χ0) is 24.3. The van der Waals surface area contributed by atoms with Crippen molar-refractivity contribution in [2.45, 2.75) is 122 Å². The summed E-state index contributed by atoms with van der Waals surface area (Å²) in [6.45, 7) is 5.97. The SMILES string of the molecule is CC(C)=CCC1([C@@H](/C=C/[C@@H]2[C@H]3CC(=O)C[C@H]3C[C@H]2OC2CCCCO2)OC2CCCCO2)CCC1. The van der Waals surface area contributed by atoms with Crippen LogP contribution in [0.5, 0.6) is 0 Å². The zero-order valence-corrected chi connectivity index (χ0v) is 21.9. The van der Waals surface area contributed by atoms with Gasteiger partial charge in [0.25, 0.3) is 0 Å². The van der Waals surface area contributed by atoms with Crippen LogP contribution < -0.4 is 0 Å². The van der Waals surface area contributed by atoms with Crippen molar-refractivity contribution in [2.24, 2.45) is 23.2 Å². The second kappa shape index (κ2) is 11.6. The third-order valence-electron chi connectivity index (χ3n) is 9.30. The van der Waals surface area contributed by atoms with Gasteiger partial charge in [-0.2, -0.15) is 0 Å². The van der Waals surface area contributed by atoms with Crippen LogP contribution in [0.2, 0.25) is 0 Å². The number of carbonyl (C=O) groups is 1. The summed E-state index contributed by atoms with van der Waals surface area (Å²) in [6, 6.07) is 0. The normalized spacial score (nSPS) is 37.7. The Balaban J connectivity index is 1.35. The van der Waals surface area contributed by atoms with Gasteiger partial charge < -0.3 is 18.9 Å². The number of hydrogen-bond acceptors (Lipinski definition) is 5. The zero-order valence-electron chi connectivity index (χ0n) is 21.9. The number of Topliss-reactive ketones (excluding diaryl/α,β-unsaturated/α-hetero) is 1. The Labute approximate surface area is 212 Å². The minimum absolute atomic E-state index is 0.0395. The first-order chi connectivity index (χ1) is 17.0. The van der Waals surface area contributed by atoms with Crippen LogP contribution >= 0.6 is 0 Å². The predicted octanol–water partition coefficient (Wildman–Crippen LogP) is 6.51. The summed E-state index contributed by atoms with van der Waals surface area (Å²) in [4.78, 5) is 12.3. The molecule has 0 aromatic carbocycles. The first-order valence-corrected chi connectivity index (χ1v) is 14.4. The van der Waals surface area contributed by atoms with Gasteiger partial charge in [-0.3, -0.25) is 4.79 Å². The van der Waals surface area contributed by atoms with Crippen molar-refractivity contribution < 1.29 is 23.7 Å². The summed E-state index contributed by atoms with van der Waals surface area (Å²) in [5.41, 5.74) is 1.53. The topological polar surface area (TPSA) is 54.0 Å². The Morgan fingerprint density at radius 3 is 2.40 bits per heavy atom. The molecule has 2 heterocycles. The Morgan fingerprint density at radius 1 is 1.03 bits per heavy atom. The average molecular weight is 487 g/mol. The minimum atomic E-state index is -0.102. The summed E-state index contributed by atoms with van der Waals surface area (Å²) in [5.74, 6) is 1.54. The van der Waals surface area contributed by atoms with Gasteiger partial charge in [0.05, 0.1) is 12.2 Å². The molecule has 2 unspecified atom stereocenters. The molecule has 0 amide bonds. The van der Waals surface area contributed by atoms with Gasteiger partial charge in [-0.1, -0.05) is 30.2 Å². The van der Waals surface area contributed by atoms with Crippen LogP contribution in [-0.2, 0) is 23.7 Å². The number of hydrogen-bond donors (Lipinski definition) is 0. The first-order valence-electron chi connectivity index (χ1n) is 14.4. The molecule has 2 saturated heterocycles. The maximum atomic E-state index is 12.3. The van der Waals surface area contributed by atoms with Crippen molar-refractivity contribution in [1.29, 1.82) is 0 Å². The van der Waals surface area contributed by atoms with Gasteiger partial charge in [0, 0.05) is 37.4 Å². The molecule has 7 atom stereocenters. The lowest BCUT2D eigenvalue weighted by molar-refractivity contribution is -0.209. The Morgan fingerprint density at radius 2 is 1.77 bits per heavy atom. The molecule has 3 aliphatic carbocycles. The van der Waals surface area contributed by atoms with E-state index in [0.29, 0.717) is 24.0 Å². The van der Waals surface area contributed by atoms with Crippen LogP contribution in [0.3, 0.4) is 0 Å². The van der Waals surface area contributed by atoms with Crippen molar-refractivity contribution in [3.63, 3.8) is 0 Å². The summed E-state index contributed by atoms with van der Waals surface area (Å²) >= 11 is 0. The van der Waals surface area contributed by atoms with E-state index >= 15 is 0 Å². The maximum Gasteiger partial charge on any atom is 0.158 e. The summed E-state index contributed by atoms with van der Waals surface area (Å²) < 4.78 is 25.3. The molecular weight excluding hydrogens is 440 g/mol. The second-order valence-corrected chi connectivity index (χ2v) is 12.1. The van der Waals surface area contributed by atoms with E-state index in [0.717, 1.165) is 58.2 Å². The molecule has 0 radical (unpaired) electrons. The third kappa shape index (κ3) is 6.11. The summed E-state index contributed by atoms with van der Waals surface area (Å²) in [6.07, 6.45) is 20.8. The standard InChI is InChI=1S/C30H46O5/c1-21(2)12-15-30(13-7-14-30)27(35-29-9-4-6-17-33-29)11-10-24-25-20-23(31)18-22(25)19-26(24)34-28-8-3-5-16-32-28/h10-12,22,24-29H,3-9,13-20H2,1-2H3/b11-10+/t22-,24+,25-,26+,27+,28?,29?/m0/s1. The molecule has 0 aromatic heterocycles. The van der Waals surface area contributed by atoms with Gasteiger partial charge in [0.1, 0.15) is 5.78 Å². The highest BCUT2D eigenvalue weighted by Crippen LogP contribution is 2.52. The summed E-state index contributed by atoms with van der Waals surface area (Å²) in [5, 5.41) is 0. The molecule has 196 valence electrons. The van der Waals surface area contributed by atoms with E-state index in [-0.39, 0.29) is 36.1 Å². The van der Waals surface area contributed by atoms with E-state index in [9.17, 15) is 4.79 Å². The molecular formula is C30H46O5. The fourth-order valence-electron chi connectivity index (χ4n) is 7.07. The molecule has 2 aliphatic heterocycles. The fraction of sp³-hybridized carbons (Fsp3) is 0.833. The smallest absolute Gasteiger partial charge is 0.158 e. The lowest BCUT2D eigenvalue weighted by Gasteiger charge is -2.47. The lowest BCUT2D eigenvalue weighted by Crippen LogP contribution is -2.44. The third-order valence-corrected chi connectivity index (χ3v) is 9.30. The highest BCUT2D eigenvalue weighted by molar-refractivity contribution is 5.81. The highest BCUT2D eigenvalue weighted by Gasteiger charge is 2.49. The van der Waals surface area contributed by atoms with E-state index in [1.54, 1.807) is 0 Å². The molecule has 5 heteroatoms. The Bertz CT molecular complexity index is 768. The molecule has 0 N–H and O–H groups in total. The number of ketones is 1. The average Bonchev–Trinajstić information content (AvgIpc) is 3.33. The van der Waals surface area contributed by atoms with Gasteiger partial charge in [0.15, 0.2) is 12.6 Å². The highest BCUT2D eigenvalue weighted by atomic mass is 16.7. The van der Waals surface area contributed by atoms with E-state index < -0.39 is 0 Å². The van der Waals surface area contributed by atoms with E-state index in [1.165, 1.54) is 37.7 Å². The van der Waals surface area contributed by atoms with Crippen molar-refractivity contribution in [3.8, 4) is 0 Å². The van der Waals surface area contributed by atoms with Crippen LogP contribution in [0.25, 0.3) is 0 Å². The quantitative estimate of drug-likeness (QED) is 0.348. The van der Waals surface area contributed by atoms with E-state index in [4.69, 9.17) is 18.9 Å². The van der Waals surface area contributed by atoms with Crippen LogP contribution in [0.1, 0.15) is 97.3 Å².